The summed E-state index contributed by atoms with van der Waals surface area (Å²) in [5.74, 6) is -2.17. The maximum Gasteiger partial charge on any atom is 0.308 e. The summed E-state index contributed by atoms with van der Waals surface area (Å²) in [6.45, 7) is 1.08. The van der Waals surface area contributed by atoms with Gasteiger partial charge in [-0.2, -0.15) is 4.31 Å². The van der Waals surface area contributed by atoms with Crippen LogP contribution in [0.15, 0.2) is 83.8 Å². The first-order valence-corrected chi connectivity index (χ1v) is 12.1. The van der Waals surface area contributed by atoms with E-state index in [9.17, 15) is 27.2 Å². The molecule has 0 aliphatic carbocycles. The monoisotopic (exact) mass is 496 g/mol. The second kappa shape index (κ2) is 9.77. The Kier molecular flexibility index (Phi) is 6.77. The lowest BCUT2D eigenvalue weighted by atomic mass is 10.2. The number of hydrogen-bond acceptors (Lipinski definition) is 6. The zero-order chi connectivity index (χ0) is 25.2. The van der Waals surface area contributed by atoms with E-state index in [0.717, 1.165) is 33.5 Å². The fourth-order valence-electron chi connectivity index (χ4n) is 3.81. The van der Waals surface area contributed by atoms with Crippen LogP contribution in [-0.2, 0) is 31.0 Å². The molecule has 1 unspecified atom stereocenters. The number of esters is 1. The number of benzene rings is 3. The summed E-state index contributed by atoms with van der Waals surface area (Å²) >= 11 is 0. The molecule has 8 nitrogen and oxygen atoms in total. The normalized spacial score (nSPS) is 16.1. The number of carbonyl (C=O) groups is 3. The van der Waals surface area contributed by atoms with Crippen LogP contribution < -0.4 is 9.64 Å². The van der Waals surface area contributed by atoms with Crippen molar-refractivity contribution in [2.24, 2.45) is 0 Å². The van der Waals surface area contributed by atoms with E-state index in [1.54, 1.807) is 30.3 Å². The maximum absolute atomic E-state index is 13.6. The van der Waals surface area contributed by atoms with Crippen molar-refractivity contribution in [1.29, 1.82) is 0 Å². The predicted octanol–water partition coefficient (Wildman–Crippen LogP) is 3.27. The third-order valence-corrected chi connectivity index (χ3v) is 7.30. The molecular weight excluding hydrogens is 475 g/mol. The van der Waals surface area contributed by atoms with Crippen LogP contribution in [0.2, 0.25) is 0 Å². The molecule has 4 rings (SSSR count). The molecule has 35 heavy (non-hydrogen) atoms. The Hall–Kier alpha value is -3.89. The molecule has 1 aliphatic heterocycles. The van der Waals surface area contributed by atoms with Crippen molar-refractivity contribution in [2.45, 2.75) is 30.8 Å². The average Bonchev–Trinajstić information content (AvgIpc) is 3.12. The maximum atomic E-state index is 13.6. The summed E-state index contributed by atoms with van der Waals surface area (Å²) in [6.07, 6.45) is -0.363. The molecule has 10 heteroatoms. The Morgan fingerprint density at radius 2 is 1.63 bits per heavy atom. The van der Waals surface area contributed by atoms with Gasteiger partial charge in [-0.15, -0.1) is 0 Å². The minimum atomic E-state index is -4.27. The lowest BCUT2D eigenvalue weighted by Crippen LogP contribution is -2.45. The van der Waals surface area contributed by atoms with Gasteiger partial charge in [-0.25, -0.2) is 17.7 Å². The quantitative estimate of drug-likeness (QED) is 0.283. The van der Waals surface area contributed by atoms with Gasteiger partial charge in [0.05, 0.1) is 17.0 Å². The Bertz CT molecular complexity index is 1360. The molecule has 2 amide bonds. The highest BCUT2D eigenvalue weighted by Gasteiger charge is 2.47. The molecule has 1 saturated heterocycles. The molecular formula is C25H21FN2O6S. The first-order valence-electron chi connectivity index (χ1n) is 10.6. The minimum absolute atomic E-state index is 0.163. The van der Waals surface area contributed by atoms with E-state index >= 15 is 0 Å². The molecule has 0 saturated carbocycles. The third-order valence-electron chi connectivity index (χ3n) is 5.43. The van der Waals surface area contributed by atoms with E-state index < -0.39 is 39.7 Å². The molecule has 1 fully saturated rings. The number of ether oxygens (including phenoxy) is 1. The van der Waals surface area contributed by atoms with Crippen molar-refractivity contribution in [3.63, 3.8) is 0 Å². The number of hydrogen-bond donors (Lipinski definition) is 0. The smallest absolute Gasteiger partial charge is 0.308 e. The Morgan fingerprint density at radius 3 is 2.23 bits per heavy atom. The minimum Gasteiger partial charge on any atom is -0.427 e. The molecule has 0 spiro atoms. The van der Waals surface area contributed by atoms with Gasteiger partial charge in [-0.05, 0) is 54.1 Å². The Balaban J connectivity index is 1.69. The SMILES string of the molecule is CC(=O)Oc1ccc(N2C(=O)CC(N(Cc3ccccc3)S(=O)(=O)c3ccc(F)cc3)C2=O)cc1. The molecule has 3 aromatic rings. The average molecular weight is 497 g/mol. The molecule has 0 aromatic heterocycles. The van der Waals surface area contributed by atoms with E-state index in [1.807, 2.05) is 0 Å². The van der Waals surface area contributed by atoms with Gasteiger partial charge in [0.1, 0.15) is 17.6 Å². The van der Waals surface area contributed by atoms with Gasteiger partial charge in [0, 0.05) is 13.5 Å². The van der Waals surface area contributed by atoms with E-state index in [-0.39, 0.29) is 29.3 Å². The number of sulfonamides is 1. The Labute approximate surface area is 201 Å². The number of anilines is 1. The summed E-state index contributed by atoms with van der Waals surface area (Å²) < 4.78 is 46.5. The van der Waals surface area contributed by atoms with E-state index in [0.29, 0.717) is 5.56 Å². The van der Waals surface area contributed by atoms with Gasteiger partial charge in [-0.1, -0.05) is 30.3 Å². The number of halogens is 1. The zero-order valence-electron chi connectivity index (χ0n) is 18.6. The van der Waals surface area contributed by atoms with Crippen LogP contribution in [0.25, 0.3) is 0 Å². The highest BCUT2D eigenvalue weighted by Crippen LogP contribution is 2.31. The number of amides is 2. The van der Waals surface area contributed by atoms with Crippen molar-refractivity contribution in [3.8, 4) is 5.75 Å². The van der Waals surface area contributed by atoms with E-state index in [2.05, 4.69) is 0 Å². The van der Waals surface area contributed by atoms with E-state index in [1.165, 1.54) is 31.2 Å². The number of imide groups is 1. The topological polar surface area (TPSA) is 101 Å². The summed E-state index contributed by atoms with van der Waals surface area (Å²) in [5, 5.41) is 0. The van der Waals surface area contributed by atoms with Gasteiger partial charge in [0.2, 0.25) is 15.9 Å². The largest absolute Gasteiger partial charge is 0.427 e. The van der Waals surface area contributed by atoms with Gasteiger partial charge < -0.3 is 4.74 Å². The fourth-order valence-corrected chi connectivity index (χ4v) is 5.38. The number of rotatable bonds is 7. The van der Waals surface area contributed by atoms with Crippen LogP contribution in [-0.4, -0.2) is 36.5 Å². The third kappa shape index (κ3) is 5.13. The van der Waals surface area contributed by atoms with Gasteiger partial charge in [0.15, 0.2) is 0 Å². The predicted molar refractivity (Wildman–Crippen MR) is 124 cm³/mol. The molecule has 1 aliphatic rings. The first kappa shape index (κ1) is 24.2. The highest BCUT2D eigenvalue weighted by atomic mass is 32.2. The van der Waals surface area contributed by atoms with Gasteiger partial charge in [-0.3, -0.25) is 14.4 Å². The van der Waals surface area contributed by atoms with Crippen LogP contribution in [0.1, 0.15) is 18.9 Å². The summed E-state index contributed by atoms with van der Waals surface area (Å²) in [4.78, 5) is 38.1. The zero-order valence-corrected chi connectivity index (χ0v) is 19.4. The van der Waals surface area contributed by atoms with Crippen molar-refractivity contribution in [2.75, 3.05) is 4.90 Å². The molecule has 0 bridgehead atoms. The molecule has 3 aromatic carbocycles. The molecule has 180 valence electrons. The van der Waals surface area contributed by atoms with E-state index in [4.69, 9.17) is 4.74 Å². The van der Waals surface area contributed by atoms with Gasteiger partial charge >= 0.3 is 5.97 Å². The van der Waals surface area contributed by atoms with Crippen LogP contribution in [0.3, 0.4) is 0 Å². The summed E-state index contributed by atoms with van der Waals surface area (Å²) in [5.41, 5.74) is 0.833. The number of nitrogens with zero attached hydrogens (tertiary/aromatic N) is 2. The lowest BCUT2D eigenvalue weighted by molar-refractivity contribution is -0.132. The van der Waals surface area contributed by atoms with Crippen molar-refractivity contribution in [1.82, 2.24) is 4.31 Å². The summed E-state index contributed by atoms with van der Waals surface area (Å²) in [6, 6.07) is 17.4. The molecule has 1 heterocycles. The standard InChI is InChI=1S/C25H21FN2O6S/c1-17(29)34-21-11-9-20(10-12-21)28-24(30)15-23(25(28)31)27(16-18-5-3-2-4-6-18)35(32,33)22-13-7-19(26)8-14-22/h2-14,23H,15-16H2,1H3. The summed E-state index contributed by atoms with van der Waals surface area (Å²) in [7, 11) is -4.27. The highest BCUT2D eigenvalue weighted by molar-refractivity contribution is 7.89. The second-order valence-corrected chi connectivity index (χ2v) is 9.76. The van der Waals surface area contributed by atoms with Crippen LogP contribution >= 0.6 is 0 Å². The molecule has 0 radical (unpaired) electrons. The molecule has 0 N–H and O–H groups in total. The van der Waals surface area contributed by atoms with Crippen LogP contribution in [0.4, 0.5) is 10.1 Å². The van der Waals surface area contributed by atoms with Gasteiger partial charge in [0.25, 0.3) is 5.91 Å². The van der Waals surface area contributed by atoms with Crippen LogP contribution in [0, 0.1) is 5.82 Å². The van der Waals surface area contributed by atoms with Crippen molar-refractivity contribution in [3.05, 3.63) is 90.2 Å². The van der Waals surface area contributed by atoms with Crippen molar-refractivity contribution >= 4 is 33.5 Å². The first-order chi connectivity index (χ1) is 16.7. The molecule has 1 atom stereocenters. The van der Waals surface area contributed by atoms with Crippen LogP contribution in [0.5, 0.6) is 5.75 Å². The Morgan fingerprint density at radius 1 is 1.00 bits per heavy atom. The van der Waals surface area contributed by atoms with Crippen molar-refractivity contribution < 1.29 is 31.9 Å². The fraction of sp³-hybridized carbons (Fsp3) is 0.160. The second-order valence-electron chi connectivity index (χ2n) is 7.86. The lowest BCUT2D eigenvalue weighted by Gasteiger charge is -2.27. The number of carbonyl (C=O) groups excluding carboxylic acids is 3.